The van der Waals surface area contributed by atoms with E-state index in [1.165, 1.54) is 6.42 Å². The number of benzene rings is 1. The van der Waals surface area contributed by atoms with Gasteiger partial charge < -0.3 is 4.90 Å². The van der Waals surface area contributed by atoms with E-state index in [4.69, 9.17) is 10.5 Å². The van der Waals surface area contributed by atoms with Gasteiger partial charge in [-0.05, 0) is 44.4 Å². The molecule has 1 aromatic carbocycles. The topological polar surface area (TPSA) is 68.6 Å². The standard InChI is InChI=1S/C19H19N5/c1-15-18(12-16(13-20)14-21)19(23-10-6-3-7-11-23)24(22-15)17-8-4-2-5-9-17/h2,4-5,8-9,12H,3,6-7,10-11H2,1H3. The van der Waals surface area contributed by atoms with Crippen molar-refractivity contribution < 1.29 is 0 Å². The van der Waals surface area contributed by atoms with E-state index in [9.17, 15) is 0 Å². The SMILES string of the molecule is Cc1nn(-c2ccccc2)c(N2CCCCC2)c1C=C(C#N)C#N. The van der Waals surface area contributed by atoms with Crippen LogP contribution in [0.15, 0.2) is 35.9 Å². The Morgan fingerprint density at radius 2 is 1.75 bits per heavy atom. The zero-order chi connectivity index (χ0) is 16.9. The van der Waals surface area contributed by atoms with Gasteiger partial charge in [-0.2, -0.15) is 15.6 Å². The van der Waals surface area contributed by atoms with Gasteiger partial charge in [0.05, 0.1) is 11.4 Å². The quantitative estimate of drug-likeness (QED) is 0.811. The van der Waals surface area contributed by atoms with Crippen molar-refractivity contribution in [1.82, 2.24) is 9.78 Å². The Labute approximate surface area is 142 Å². The molecule has 0 aliphatic carbocycles. The summed E-state index contributed by atoms with van der Waals surface area (Å²) in [7, 11) is 0. The van der Waals surface area contributed by atoms with Gasteiger partial charge in [0, 0.05) is 18.7 Å². The number of allylic oxidation sites excluding steroid dienone is 1. The lowest BCUT2D eigenvalue weighted by molar-refractivity contribution is 0.567. The first-order valence-corrected chi connectivity index (χ1v) is 8.16. The van der Waals surface area contributed by atoms with Gasteiger partial charge in [0.1, 0.15) is 23.5 Å². The van der Waals surface area contributed by atoms with Crippen LogP contribution >= 0.6 is 0 Å². The van der Waals surface area contributed by atoms with Gasteiger partial charge in [-0.1, -0.05) is 18.2 Å². The molecule has 0 unspecified atom stereocenters. The minimum atomic E-state index is 0.101. The first-order chi connectivity index (χ1) is 11.7. The van der Waals surface area contributed by atoms with E-state index in [0.29, 0.717) is 0 Å². The zero-order valence-corrected chi connectivity index (χ0v) is 13.7. The highest BCUT2D eigenvalue weighted by Gasteiger charge is 2.22. The fourth-order valence-corrected chi connectivity index (χ4v) is 3.09. The first-order valence-electron chi connectivity index (χ1n) is 8.16. The fourth-order valence-electron chi connectivity index (χ4n) is 3.09. The van der Waals surface area contributed by atoms with Crippen LogP contribution in [0.5, 0.6) is 0 Å². The zero-order valence-electron chi connectivity index (χ0n) is 13.7. The summed E-state index contributed by atoms with van der Waals surface area (Å²) in [6, 6.07) is 13.9. The van der Waals surface area contributed by atoms with Crippen LogP contribution in [0, 0.1) is 29.6 Å². The normalized spacial score (nSPS) is 13.9. The molecule has 0 N–H and O–H groups in total. The average molecular weight is 317 g/mol. The Kier molecular flexibility index (Phi) is 4.63. The molecule has 1 aromatic heterocycles. The number of nitrogens with zero attached hydrogens (tertiary/aromatic N) is 5. The fraction of sp³-hybridized carbons (Fsp3) is 0.316. The van der Waals surface area contributed by atoms with Crippen molar-refractivity contribution in [1.29, 1.82) is 10.5 Å². The summed E-state index contributed by atoms with van der Waals surface area (Å²) in [5.41, 5.74) is 2.77. The number of anilines is 1. The van der Waals surface area contributed by atoms with Crippen LogP contribution < -0.4 is 4.90 Å². The van der Waals surface area contributed by atoms with Crippen LogP contribution in [0.1, 0.15) is 30.5 Å². The van der Waals surface area contributed by atoms with Crippen molar-refractivity contribution in [3.8, 4) is 17.8 Å². The van der Waals surface area contributed by atoms with Crippen molar-refractivity contribution in [2.45, 2.75) is 26.2 Å². The molecular formula is C19H19N5. The minimum Gasteiger partial charge on any atom is -0.356 e. The molecule has 0 spiro atoms. The number of hydrogen-bond acceptors (Lipinski definition) is 4. The Morgan fingerprint density at radius 1 is 1.08 bits per heavy atom. The summed E-state index contributed by atoms with van der Waals surface area (Å²) in [4.78, 5) is 2.31. The van der Waals surface area contributed by atoms with Crippen LogP contribution in [0.2, 0.25) is 0 Å². The largest absolute Gasteiger partial charge is 0.356 e. The highest BCUT2D eigenvalue weighted by Crippen LogP contribution is 2.31. The molecule has 0 saturated carbocycles. The predicted molar refractivity (Wildman–Crippen MR) is 93.6 cm³/mol. The van der Waals surface area contributed by atoms with E-state index in [1.807, 2.05) is 54.1 Å². The van der Waals surface area contributed by atoms with Crippen LogP contribution in [-0.4, -0.2) is 22.9 Å². The lowest BCUT2D eigenvalue weighted by atomic mass is 10.1. The molecule has 5 heteroatoms. The molecule has 0 amide bonds. The van der Waals surface area contributed by atoms with Gasteiger partial charge in [0.25, 0.3) is 0 Å². The maximum atomic E-state index is 9.12. The summed E-state index contributed by atoms with van der Waals surface area (Å²) in [6.07, 6.45) is 5.19. The summed E-state index contributed by atoms with van der Waals surface area (Å²) < 4.78 is 1.93. The molecular weight excluding hydrogens is 298 g/mol. The van der Waals surface area contributed by atoms with Crippen LogP contribution in [0.4, 0.5) is 5.82 Å². The third kappa shape index (κ3) is 3.02. The van der Waals surface area contributed by atoms with E-state index >= 15 is 0 Å². The molecule has 0 radical (unpaired) electrons. The molecule has 0 atom stereocenters. The third-order valence-electron chi connectivity index (χ3n) is 4.27. The monoisotopic (exact) mass is 317 g/mol. The molecule has 0 bridgehead atoms. The summed E-state index contributed by atoms with van der Waals surface area (Å²) in [5.74, 6) is 0.974. The van der Waals surface area contributed by atoms with Gasteiger partial charge in [0.15, 0.2) is 0 Å². The number of aryl methyl sites for hydroxylation is 1. The molecule has 2 heterocycles. The minimum absolute atomic E-state index is 0.101. The van der Waals surface area contributed by atoms with E-state index < -0.39 is 0 Å². The average Bonchev–Trinajstić information content (AvgIpc) is 2.97. The van der Waals surface area contributed by atoms with Crippen molar-refractivity contribution >= 4 is 11.9 Å². The van der Waals surface area contributed by atoms with Crippen LogP contribution in [0.25, 0.3) is 11.8 Å². The maximum Gasteiger partial charge on any atom is 0.140 e. The molecule has 24 heavy (non-hydrogen) atoms. The second kappa shape index (κ2) is 7.02. The Morgan fingerprint density at radius 3 is 2.38 bits per heavy atom. The van der Waals surface area contributed by atoms with Gasteiger partial charge in [-0.25, -0.2) is 4.68 Å². The second-order valence-electron chi connectivity index (χ2n) is 5.90. The molecule has 1 saturated heterocycles. The van der Waals surface area contributed by atoms with Crippen molar-refractivity contribution in [2.75, 3.05) is 18.0 Å². The second-order valence-corrected chi connectivity index (χ2v) is 5.90. The van der Waals surface area contributed by atoms with Gasteiger partial charge in [-0.15, -0.1) is 0 Å². The number of aromatic nitrogens is 2. The Balaban J connectivity index is 2.18. The Hall–Kier alpha value is -3.05. The van der Waals surface area contributed by atoms with Gasteiger partial charge in [-0.3, -0.25) is 0 Å². The molecule has 5 nitrogen and oxygen atoms in total. The third-order valence-corrected chi connectivity index (χ3v) is 4.27. The summed E-state index contributed by atoms with van der Waals surface area (Å²) in [6.45, 7) is 3.85. The number of rotatable bonds is 3. The molecule has 2 aromatic rings. The molecule has 1 fully saturated rings. The van der Waals surface area contributed by atoms with Crippen molar-refractivity contribution in [3.05, 3.63) is 47.2 Å². The number of nitriles is 2. The van der Waals surface area contributed by atoms with E-state index in [0.717, 1.165) is 48.7 Å². The summed E-state index contributed by atoms with van der Waals surface area (Å²) in [5, 5.41) is 22.9. The van der Waals surface area contributed by atoms with Gasteiger partial charge in [0.2, 0.25) is 0 Å². The summed E-state index contributed by atoms with van der Waals surface area (Å²) >= 11 is 0. The molecule has 120 valence electrons. The van der Waals surface area contributed by atoms with Crippen LogP contribution in [0.3, 0.4) is 0 Å². The number of piperidine rings is 1. The van der Waals surface area contributed by atoms with E-state index in [1.54, 1.807) is 6.08 Å². The van der Waals surface area contributed by atoms with Gasteiger partial charge >= 0.3 is 0 Å². The Bertz CT molecular complexity index is 811. The molecule has 1 aliphatic heterocycles. The van der Waals surface area contributed by atoms with Crippen molar-refractivity contribution in [2.24, 2.45) is 0 Å². The predicted octanol–water partition coefficient (Wildman–Crippen LogP) is 3.60. The van der Waals surface area contributed by atoms with Crippen LogP contribution in [-0.2, 0) is 0 Å². The number of hydrogen-bond donors (Lipinski definition) is 0. The highest BCUT2D eigenvalue weighted by molar-refractivity contribution is 5.74. The molecule has 1 aliphatic rings. The highest BCUT2D eigenvalue weighted by atomic mass is 15.4. The smallest absolute Gasteiger partial charge is 0.140 e. The van der Waals surface area contributed by atoms with Crippen molar-refractivity contribution in [3.63, 3.8) is 0 Å². The number of para-hydroxylation sites is 1. The lowest BCUT2D eigenvalue weighted by Gasteiger charge is -2.29. The van der Waals surface area contributed by atoms with E-state index in [2.05, 4.69) is 10.00 Å². The molecule has 3 rings (SSSR count). The maximum absolute atomic E-state index is 9.12. The first kappa shape index (κ1) is 15.8. The lowest BCUT2D eigenvalue weighted by Crippen LogP contribution is -2.31. The van der Waals surface area contributed by atoms with E-state index in [-0.39, 0.29) is 5.57 Å².